The van der Waals surface area contributed by atoms with E-state index < -0.39 is 0 Å². The van der Waals surface area contributed by atoms with E-state index in [0.717, 1.165) is 95.2 Å². The molecular weight excluding hydrogens is 741 g/mol. The molecule has 0 aromatic carbocycles. The number of anilines is 3. The number of hydrogen-bond acceptors (Lipinski definition) is 14. The van der Waals surface area contributed by atoms with E-state index in [-0.39, 0.29) is 23.8 Å². The molecule has 16 heteroatoms. The lowest BCUT2D eigenvalue weighted by molar-refractivity contribution is -0.134. The Morgan fingerprint density at radius 2 is 1.81 bits per heavy atom. The summed E-state index contributed by atoms with van der Waals surface area (Å²) in [5, 5.41) is 31.1. The number of aromatic nitrogens is 6. The molecule has 9 rings (SSSR count). The number of carbonyl (C=O) groups is 2. The number of pyridine rings is 2. The lowest BCUT2D eigenvalue weighted by atomic mass is 9.91. The molecule has 15 nitrogen and oxygen atoms in total. The Kier molecular flexibility index (Phi) is 10.3. The fraction of sp³-hybridized carbons (Fsp3) is 0.463. The van der Waals surface area contributed by atoms with Gasteiger partial charge in [0.15, 0.2) is 5.01 Å². The predicted molar refractivity (Wildman–Crippen MR) is 217 cm³/mol. The Morgan fingerprint density at radius 1 is 0.982 bits per heavy atom. The number of piperidine rings is 2. The molecule has 0 spiro atoms. The lowest BCUT2D eigenvalue weighted by Crippen LogP contribution is -2.55. The Balaban J connectivity index is 0.838. The van der Waals surface area contributed by atoms with Gasteiger partial charge in [-0.15, -0.1) is 10.2 Å². The average Bonchev–Trinajstić information content (AvgIpc) is 3.94. The largest absolute Gasteiger partial charge is 0.383 e. The lowest BCUT2D eigenvalue weighted by Gasteiger charge is -2.43. The Bertz CT molecular complexity index is 2300. The molecule has 0 saturated carbocycles. The smallest absolute Gasteiger partial charge is 0.234 e. The van der Waals surface area contributed by atoms with Crippen molar-refractivity contribution in [3.05, 3.63) is 66.1 Å². The van der Waals surface area contributed by atoms with Crippen LogP contribution >= 0.6 is 11.3 Å². The summed E-state index contributed by atoms with van der Waals surface area (Å²) >= 11 is 1.61. The molecular formula is C41H46N12O3S. The van der Waals surface area contributed by atoms with Crippen molar-refractivity contribution in [1.29, 1.82) is 5.26 Å². The van der Waals surface area contributed by atoms with Gasteiger partial charge in [-0.3, -0.25) is 24.8 Å². The number of rotatable bonds is 11. The van der Waals surface area contributed by atoms with Crippen LogP contribution in [-0.4, -0.2) is 111 Å². The van der Waals surface area contributed by atoms with Crippen LogP contribution in [0.15, 0.2) is 55.0 Å². The first-order chi connectivity index (χ1) is 27.8. The highest BCUT2D eigenvalue weighted by atomic mass is 32.1. The third-order valence-corrected chi connectivity index (χ3v) is 13.0. The SMILES string of the molecule is COC[C@@H](C)Nc1cc(-c2ccc3cc(C#N)cnn23)ncc1-c1nnc(N2CC3CCC(C2)N3CC2CCN(c3ccc(C4CCC(=O)NC4=O)cn3)CC2)s1. The van der Waals surface area contributed by atoms with Gasteiger partial charge in [0.05, 0.1) is 46.8 Å². The van der Waals surface area contributed by atoms with E-state index in [1.165, 1.54) is 12.8 Å². The number of carbonyl (C=O) groups excluding carboxylic acids is 2. The number of methoxy groups -OCH3 is 1. The predicted octanol–water partition coefficient (Wildman–Crippen LogP) is 4.72. The van der Waals surface area contributed by atoms with Gasteiger partial charge in [-0.25, -0.2) is 9.50 Å². The molecule has 5 aromatic heterocycles. The van der Waals surface area contributed by atoms with Gasteiger partial charge in [-0.05, 0) is 80.8 Å². The molecule has 2 N–H and O–H groups in total. The molecule has 4 fully saturated rings. The minimum absolute atomic E-state index is 0.0442. The highest BCUT2D eigenvalue weighted by Gasteiger charge is 2.42. The number of hydrogen-bond donors (Lipinski definition) is 2. The number of nitriles is 1. The number of piperazine rings is 1. The van der Waals surface area contributed by atoms with E-state index in [2.05, 4.69) is 43.4 Å². The highest BCUT2D eigenvalue weighted by molar-refractivity contribution is 7.18. The van der Waals surface area contributed by atoms with Crippen molar-refractivity contribution in [1.82, 2.24) is 40.0 Å². The highest BCUT2D eigenvalue weighted by Crippen LogP contribution is 2.39. The third-order valence-electron chi connectivity index (χ3n) is 12.0. The van der Waals surface area contributed by atoms with Gasteiger partial charge in [-0.1, -0.05) is 17.4 Å². The molecule has 3 unspecified atom stereocenters. The van der Waals surface area contributed by atoms with Crippen molar-refractivity contribution < 1.29 is 14.3 Å². The maximum atomic E-state index is 12.3. The van der Waals surface area contributed by atoms with E-state index in [1.54, 1.807) is 29.2 Å². The van der Waals surface area contributed by atoms with E-state index in [1.807, 2.05) is 48.8 Å². The van der Waals surface area contributed by atoms with E-state index in [4.69, 9.17) is 24.9 Å². The number of amides is 2. The van der Waals surface area contributed by atoms with Crippen molar-refractivity contribution in [3.8, 4) is 28.0 Å². The quantitative estimate of drug-likeness (QED) is 0.177. The van der Waals surface area contributed by atoms with Gasteiger partial charge in [0, 0.05) is 82.5 Å². The molecule has 0 radical (unpaired) electrons. The molecule has 4 atom stereocenters. The van der Waals surface area contributed by atoms with Crippen LogP contribution in [0.3, 0.4) is 0 Å². The van der Waals surface area contributed by atoms with E-state index in [0.29, 0.717) is 43.0 Å². The fourth-order valence-electron chi connectivity index (χ4n) is 9.04. The summed E-state index contributed by atoms with van der Waals surface area (Å²) in [5.41, 5.74) is 5.58. The zero-order chi connectivity index (χ0) is 39.0. The Hall–Kier alpha value is -5.50. The van der Waals surface area contributed by atoms with Crippen LogP contribution in [0.4, 0.5) is 16.6 Å². The summed E-state index contributed by atoms with van der Waals surface area (Å²) in [5.74, 6) is 0.869. The van der Waals surface area contributed by atoms with Crippen molar-refractivity contribution in [2.24, 2.45) is 5.92 Å². The summed E-state index contributed by atoms with van der Waals surface area (Å²) in [6.45, 7) is 7.58. The summed E-state index contributed by atoms with van der Waals surface area (Å²) in [6.07, 6.45) is 10.8. The van der Waals surface area contributed by atoms with Crippen molar-refractivity contribution in [3.63, 3.8) is 0 Å². The summed E-state index contributed by atoms with van der Waals surface area (Å²) < 4.78 is 7.24. The standard InChI is InChI=1S/C41H46N12O3S/c1-25(24-56-2)46-34-16-35(36-8-6-29-15-27(17-42)18-45-53(29)36)43-20-33(34)40-48-49-41(57-40)51-22-30-4-5-31(23-51)52(30)21-26-11-13-50(14-12-26)37-9-3-28(19-44-37)32-7-10-38(54)47-39(32)55/h3,6,8-9,15-16,18-20,25-26,30-32H,4-5,7,10-14,21-24H2,1-2H3,(H,43,46)(H,47,54,55)/t25-,30?,31?,32?/m1/s1. The molecule has 2 amide bonds. The van der Waals surface area contributed by atoms with Crippen LogP contribution in [0.25, 0.3) is 27.5 Å². The first kappa shape index (κ1) is 37.1. The van der Waals surface area contributed by atoms with Crippen LogP contribution in [0.5, 0.6) is 0 Å². The number of nitrogens with one attached hydrogen (secondary N) is 2. The second kappa shape index (κ2) is 15.8. The molecule has 4 aliphatic heterocycles. The van der Waals surface area contributed by atoms with Gasteiger partial charge in [-0.2, -0.15) is 10.4 Å². The van der Waals surface area contributed by atoms with Crippen molar-refractivity contribution >= 4 is 45.3 Å². The number of fused-ring (bicyclic) bond motifs is 3. The van der Waals surface area contributed by atoms with Gasteiger partial charge in [0.1, 0.15) is 11.9 Å². The normalized spacial score (nSPS) is 22.2. The van der Waals surface area contributed by atoms with E-state index in [9.17, 15) is 14.9 Å². The molecule has 5 aromatic rings. The summed E-state index contributed by atoms with van der Waals surface area (Å²) in [6, 6.07) is 15.0. The maximum absolute atomic E-state index is 12.3. The fourth-order valence-corrected chi connectivity index (χ4v) is 9.93. The minimum Gasteiger partial charge on any atom is -0.383 e. The van der Waals surface area contributed by atoms with Crippen LogP contribution < -0.4 is 20.4 Å². The Labute approximate surface area is 335 Å². The Morgan fingerprint density at radius 3 is 2.54 bits per heavy atom. The minimum atomic E-state index is -0.308. The topological polar surface area (TPSA) is 170 Å². The van der Waals surface area contributed by atoms with Gasteiger partial charge in [0.25, 0.3) is 0 Å². The first-order valence-electron chi connectivity index (χ1n) is 19.9. The van der Waals surface area contributed by atoms with Crippen molar-refractivity contribution in [2.45, 2.75) is 69.5 Å². The van der Waals surface area contributed by atoms with Gasteiger partial charge >= 0.3 is 0 Å². The third kappa shape index (κ3) is 7.54. The number of ether oxygens (including phenoxy) is 1. The molecule has 9 heterocycles. The van der Waals surface area contributed by atoms with Crippen molar-refractivity contribution in [2.75, 3.05) is 61.6 Å². The van der Waals surface area contributed by atoms with Crippen LogP contribution in [-0.2, 0) is 14.3 Å². The molecule has 4 saturated heterocycles. The van der Waals surface area contributed by atoms with Crippen LogP contribution in [0, 0.1) is 17.2 Å². The van der Waals surface area contributed by atoms with E-state index >= 15 is 0 Å². The number of nitrogens with zero attached hydrogens (tertiary/aromatic N) is 10. The molecule has 2 bridgehead atoms. The van der Waals surface area contributed by atoms with Gasteiger partial charge in [0.2, 0.25) is 16.9 Å². The maximum Gasteiger partial charge on any atom is 0.234 e. The monoisotopic (exact) mass is 786 g/mol. The first-order valence-corrected chi connectivity index (χ1v) is 20.7. The average molecular weight is 787 g/mol. The van der Waals surface area contributed by atoms with Crippen LogP contribution in [0.2, 0.25) is 0 Å². The molecule has 0 aliphatic carbocycles. The number of imide groups is 1. The van der Waals surface area contributed by atoms with Gasteiger partial charge < -0.3 is 19.9 Å². The molecule has 4 aliphatic rings. The molecule has 294 valence electrons. The van der Waals surface area contributed by atoms with Crippen LogP contribution in [0.1, 0.15) is 62.5 Å². The second-order valence-electron chi connectivity index (χ2n) is 15.8. The zero-order valence-electron chi connectivity index (χ0n) is 32.2. The second-order valence-corrected chi connectivity index (χ2v) is 16.7. The summed E-state index contributed by atoms with van der Waals surface area (Å²) in [7, 11) is 1.70. The zero-order valence-corrected chi connectivity index (χ0v) is 33.0. The summed E-state index contributed by atoms with van der Waals surface area (Å²) in [4.78, 5) is 41.1. The molecule has 57 heavy (non-hydrogen) atoms.